The fraction of sp³-hybridized carbons (Fsp3) is 0. The van der Waals surface area contributed by atoms with E-state index in [4.69, 9.17) is 0 Å². The van der Waals surface area contributed by atoms with Crippen molar-refractivity contribution in [2.75, 3.05) is 0 Å². The van der Waals surface area contributed by atoms with Crippen molar-refractivity contribution >= 4 is 0 Å². The normalized spacial score (nSPS) is 0. The molecule has 0 aromatic heterocycles. The summed E-state index contributed by atoms with van der Waals surface area (Å²) in [4.78, 5) is 0. The van der Waals surface area contributed by atoms with Gasteiger partial charge in [0, 0.05) is 0 Å². The minimum atomic E-state index is 0. The Bertz CT molecular complexity index is 6.85. The van der Waals surface area contributed by atoms with Gasteiger partial charge in [0.2, 0.25) is 0 Å². The summed E-state index contributed by atoms with van der Waals surface area (Å²) in [6, 6.07) is 0. The Labute approximate surface area is 48.8 Å². The molecule has 0 aromatic carbocycles. The van der Waals surface area contributed by atoms with E-state index in [1.165, 1.54) is 0 Å². The van der Waals surface area contributed by atoms with Crippen molar-refractivity contribution in [3.05, 3.63) is 0 Å². The molecule has 6 N–H and O–H groups in total. The molecule has 0 aliphatic heterocycles. The third-order valence-electron chi connectivity index (χ3n) is 0. The molecule has 1 radical (unpaired) electrons. The predicted octanol–water partition coefficient (Wildman–Crippen LogP) is -5.47. The van der Waals surface area contributed by atoms with E-state index in [0.29, 0.717) is 0 Å². The standard InChI is InChI=1S/ClH.3H2O.Rh/h1H;3*1H2;/q;;;;+2/p-1. The van der Waals surface area contributed by atoms with E-state index >= 15 is 0 Å². The second-order valence-corrected chi connectivity index (χ2v) is 0. The SMILES string of the molecule is O.O.O.[Cl-].[Rh+2]. The zero-order chi connectivity index (χ0) is 0. The van der Waals surface area contributed by atoms with Gasteiger partial charge in [-0.3, -0.25) is 0 Å². The molecular weight excluding hydrogens is 186 g/mol. The fourth-order valence-electron chi connectivity index (χ4n) is 0. The van der Waals surface area contributed by atoms with Crippen LogP contribution in [0.25, 0.3) is 0 Å². The average molecular weight is 192 g/mol. The first-order valence-corrected chi connectivity index (χ1v) is 0. The summed E-state index contributed by atoms with van der Waals surface area (Å²) in [5.74, 6) is 0. The summed E-state index contributed by atoms with van der Waals surface area (Å²) < 4.78 is 0. The largest absolute Gasteiger partial charge is 2.00 e. The van der Waals surface area contributed by atoms with Crippen molar-refractivity contribution in [2.45, 2.75) is 0 Å². The molecule has 0 aliphatic rings. The van der Waals surface area contributed by atoms with E-state index in [1.807, 2.05) is 0 Å². The Kier molecular flexibility index (Phi) is 4630. The van der Waals surface area contributed by atoms with Crippen LogP contribution in [0.15, 0.2) is 0 Å². The Balaban J connectivity index is 0. The molecule has 0 amide bonds. The van der Waals surface area contributed by atoms with Gasteiger partial charge in [-0.1, -0.05) is 0 Å². The third kappa shape index (κ3) is 59.4. The third-order valence-corrected chi connectivity index (χ3v) is 0. The number of rotatable bonds is 0. The first-order valence-electron chi connectivity index (χ1n) is 0. The Morgan fingerprint density at radius 2 is 0.600 bits per heavy atom. The van der Waals surface area contributed by atoms with Gasteiger partial charge >= 0.3 is 19.5 Å². The molecule has 0 saturated carbocycles. The smallest absolute Gasteiger partial charge is 1.00 e. The quantitative estimate of drug-likeness (QED) is 0.343. The van der Waals surface area contributed by atoms with Crippen LogP contribution in [-0.2, 0) is 19.5 Å². The molecule has 0 atom stereocenters. The summed E-state index contributed by atoms with van der Waals surface area (Å²) in [6.45, 7) is 0. The molecule has 0 rings (SSSR count). The summed E-state index contributed by atoms with van der Waals surface area (Å²) in [7, 11) is 0. The first kappa shape index (κ1) is 211. The molecular formula is H6ClO3Rh+. The van der Waals surface area contributed by atoms with Crippen LogP contribution in [0.4, 0.5) is 0 Å². The van der Waals surface area contributed by atoms with Gasteiger partial charge in [0.25, 0.3) is 0 Å². The van der Waals surface area contributed by atoms with Gasteiger partial charge < -0.3 is 28.8 Å². The monoisotopic (exact) mass is 192 g/mol. The fourth-order valence-corrected chi connectivity index (χ4v) is 0. The van der Waals surface area contributed by atoms with Crippen LogP contribution in [0.2, 0.25) is 0 Å². The average Bonchev–Trinajstić information content (AvgIpc) is 0. The van der Waals surface area contributed by atoms with Crippen LogP contribution in [0.1, 0.15) is 0 Å². The van der Waals surface area contributed by atoms with Crippen molar-refractivity contribution in [1.82, 2.24) is 0 Å². The van der Waals surface area contributed by atoms with Gasteiger partial charge in [-0.15, -0.1) is 0 Å². The maximum absolute atomic E-state index is 0. The number of hydrogen-bond donors (Lipinski definition) is 0. The van der Waals surface area contributed by atoms with Crippen LogP contribution >= 0.6 is 0 Å². The molecule has 39 valence electrons. The second kappa shape index (κ2) is 110. The van der Waals surface area contributed by atoms with Crippen LogP contribution < -0.4 is 12.4 Å². The Morgan fingerprint density at radius 3 is 0.600 bits per heavy atom. The molecule has 5 heteroatoms. The summed E-state index contributed by atoms with van der Waals surface area (Å²) in [5.41, 5.74) is 0. The Hall–Kier alpha value is 0.793. The molecule has 3 nitrogen and oxygen atoms in total. The molecule has 5 heavy (non-hydrogen) atoms. The van der Waals surface area contributed by atoms with E-state index in [1.54, 1.807) is 0 Å². The summed E-state index contributed by atoms with van der Waals surface area (Å²) in [5, 5.41) is 0. The van der Waals surface area contributed by atoms with Crippen LogP contribution in [-0.4, -0.2) is 16.4 Å². The number of hydrogen-bond acceptors (Lipinski definition) is 0. The summed E-state index contributed by atoms with van der Waals surface area (Å²) >= 11 is 0. The molecule has 0 spiro atoms. The topological polar surface area (TPSA) is 94.5 Å². The van der Waals surface area contributed by atoms with E-state index in [0.717, 1.165) is 0 Å². The van der Waals surface area contributed by atoms with E-state index < -0.39 is 0 Å². The minimum Gasteiger partial charge on any atom is -1.00 e. The van der Waals surface area contributed by atoms with Crippen molar-refractivity contribution in [2.24, 2.45) is 0 Å². The molecule has 0 heterocycles. The van der Waals surface area contributed by atoms with E-state index in [9.17, 15) is 0 Å². The maximum Gasteiger partial charge on any atom is 2.00 e. The minimum absolute atomic E-state index is 0. The van der Waals surface area contributed by atoms with Crippen molar-refractivity contribution in [3.63, 3.8) is 0 Å². The zero-order valence-electron chi connectivity index (χ0n) is 2.21. The number of halogens is 1. The maximum atomic E-state index is 0. The summed E-state index contributed by atoms with van der Waals surface area (Å²) in [6.07, 6.45) is 0. The zero-order valence-corrected chi connectivity index (χ0v) is 4.61. The van der Waals surface area contributed by atoms with Gasteiger partial charge in [-0.2, -0.15) is 0 Å². The van der Waals surface area contributed by atoms with Crippen LogP contribution in [0, 0.1) is 0 Å². The first-order chi connectivity index (χ1) is 0. The van der Waals surface area contributed by atoms with Crippen LogP contribution in [0.3, 0.4) is 0 Å². The Morgan fingerprint density at radius 1 is 0.600 bits per heavy atom. The van der Waals surface area contributed by atoms with Crippen LogP contribution in [0.5, 0.6) is 0 Å². The molecule has 0 unspecified atom stereocenters. The van der Waals surface area contributed by atoms with E-state index in [-0.39, 0.29) is 48.3 Å². The molecule has 0 bridgehead atoms. The molecule has 0 fully saturated rings. The van der Waals surface area contributed by atoms with Gasteiger partial charge in [-0.05, 0) is 0 Å². The van der Waals surface area contributed by atoms with Crippen molar-refractivity contribution in [3.8, 4) is 0 Å². The van der Waals surface area contributed by atoms with Crippen molar-refractivity contribution < 1.29 is 48.3 Å². The van der Waals surface area contributed by atoms with Gasteiger partial charge in [0.1, 0.15) is 0 Å². The molecule has 0 aromatic rings. The second-order valence-electron chi connectivity index (χ2n) is 0. The van der Waals surface area contributed by atoms with Gasteiger partial charge in [0.05, 0.1) is 0 Å². The predicted molar refractivity (Wildman–Crippen MR) is 10.8 cm³/mol. The van der Waals surface area contributed by atoms with Crippen molar-refractivity contribution in [1.29, 1.82) is 0 Å². The van der Waals surface area contributed by atoms with Gasteiger partial charge in [-0.25, -0.2) is 0 Å². The van der Waals surface area contributed by atoms with E-state index in [2.05, 4.69) is 0 Å². The molecule has 0 aliphatic carbocycles. The molecule has 0 saturated heterocycles. The van der Waals surface area contributed by atoms with Gasteiger partial charge in [0.15, 0.2) is 0 Å².